The molecule has 24 heavy (non-hydrogen) atoms. The van der Waals surface area contributed by atoms with Gasteiger partial charge < -0.3 is 14.8 Å². The van der Waals surface area contributed by atoms with Gasteiger partial charge in [-0.25, -0.2) is 0 Å². The van der Waals surface area contributed by atoms with Crippen LogP contribution < -0.4 is 14.8 Å². The SMILES string of the molecule is Cc1cccc(OCC(=O)NC2CC(C)(C)Oc3ccccc32)c1. The first-order chi connectivity index (χ1) is 11.4. The van der Waals surface area contributed by atoms with E-state index in [1.54, 1.807) is 0 Å². The lowest BCUT2D eigenvalue weighted by Gasteiger charge is -2.37. The zero-order valence-electron chi connectivity index (χ0n) is 14.3. The van der Waals surface area contributed by atoms with Crippen molar-refractivity contribution in [2.24, 2.45) is 0 Å². The molecule has 1 heterocycles. The van der Waals surface area contributed by atoms with Crippen molar-refractivity contribution in [1.82, 2.24) is 5.32 Å². The fourth-order valence-electron chi connectivity index (χ4n) is 3.02. The molecule has 1 amide bonds. The molecular formula is C20H23NO3. The summed E-state index contributed by atoms with van der Waals surface area (Å²) >= 11 is 0. The maximum atomic E-state index is 12.3. The predicted molar refractivity (Wildman–Crippen MR) is 93.3 cm³/mol. The minimum Gasteiger partial charge on any atom is -0.487 e. The van der Waals surface area contributed by atoms with E-state index < -0.39 is 0 Å². The first-order valence-electron chi connectivity index (χ1n) is 8.20. The molecule has 2 aromatic rings. The Bertz CT molecular complexity index is 739. The van der Waals surface area contributed by atoms with E-state index in [2.05, 4.69) is 5.32 Å². The molecule has 2 aromatic carbocycles. The van der Waals surface area contributed by atoms with E-state index in [4.69, 9.17) is 9.47 Å². The molecule has 1 atom stereocenters. The van der Waals surface area contributed by atoms with E-state index in [1.165, 1.54) is 0 Å². The number of ether oxygens (including phenoxy) is 2. The number of hydrogen-bond donors (Lipinski definition) is 1. The molecule has 0 radical (unpaired) electrons. The average molecular weight is 325 g/mol. The minimum absolute atomic E-state index is 0.00338. The number of hydrogen-bond acceptors (Lipinski definition) is 3. The molecule has 4 nitrogen and oxygen atoms in total. The number of benzene rings is 2. The van der Waals surface area contributed by atoms with Crippen molar-refractivity contribution in [3.8, 4) is 11.5 Å². The second-order valence-electron chi connectivity index (χ2n) is 6.83. The monoisotopic (exact) mass is 325 g/mol. The van der Waals surface area contributed by atoms with Crippen LogP contribution in [0.3, 0.4) is 0 Å². The fraction of sp³-hybridized carbons (Fsp3) is 0.350. The Hall–Kier alpha value is -2.49. The number of carbonyl (C=O) groups is 1. The summed E-state index contributed by atoms with van der Waals surface area (Å²) in [5, 5.41) is 3.07. The molecule has 0 saturated carbocycles. The van der Waals surface area contributed by atoms with Gasteiger partial charge in [-0.3, -0.25) is 4.79 Å². The summed E-state index contributed by atoms with van der Waals surface area (Å²) in [6.45, 7) is 6.06. The van der Waals surface area contributed by atoms with E-state index in [9.17, 15) is 4.79 Å². The maximum Gasteiger partial charge on any atom is 0.258 e. The first kappa shape index (κ1) is 16.4. The van der Waals surface area contributed by atoms with E-state index in [0.29, 0.717) is 5.75 Å². The van der Waals surface area contributed by atoms with Gasteiger partial charge in [0.25, 0.3) is 5.91 Å². The van der Waals surface area contributed by atoms with Gasteiger partial charge in [0.05, 0.1) is 6.04 Å². The Balaban J connectivity index is 1.65. The van der Waals surface area contributed by atoms with Crippen LogP contribution in [0.4, 0.5) is 0 Å². The zero-order chi connectivity index (χ0) is 17.2. The third kappa shape index (κ3) is 3.88. The summed E-state index contributed by atoms with van der Waals surface area (Å²) in [5.41, 5.74) is 1.80. The molecule has 3 rings (SSSR count). The Morgan fingerprint density at radius 1 is 1.25 bits per heavy atom. The van der Waals surface area contributed by atoms with Crippen LogP contribution in [0.1, 0.15) is 37.4 Å². The van der Waals surface area contributed by atoms with Crippen molar-refractivity contribution in [2.45, 2.75) is 38.8 Å². The van der Waals surface area contributed by atoms with Crippen LogP contribution in [0.25, 0.3) is 0 Å². The van der Waals surface area contributed by atoms with Gasteiger partial charge in [-0.2, -0.15) is 0 Å². The van der Waals surface area contributed by atoms with Crippen LogP contribution in [0.2, 0.25) is 0 Å². The topological polar surface area (TPSA) is 47.6 Å². The number of rotatable bonds is 4. The van der Waals surface area contributed by atoms with Gasteiger partial charge >= 0.3 is 0 Å². The van der Waals surface area contributed by atoms with Crippen molar-refractivity contribution < 1.29 is 14.3 Å². The van der Waals surface area contributed by atoms with Gasteiger partial charge in [-0.15, -0.1) is 0 Å². The van der Waals surface area contributed by atoms with Gasteiger partial charge in [0.2, 0.25) is 0 Å². The summed E-state index contributed by atoms with van der Waals surface area (Å²) in [4.78, 5) is 12.3. The van der Waals surface area contributed by atoms with Crippen LogP contribution in [-0.2, 0) is 4.79 Å². The van der Waals surface area contributed by atoms with Crippen molar-refractivity contribution >= 4 is 5.91 Å². The van der Waals surface area contributed by atoms with Crippen molar-refractivity contribution in [1.29, 1.82) is 0 Å². The smallest absolute Gasteiger partial charge is 0.258 e. The van der Waals surface area contributed by atoms with Gasteiger partial charge in [-0.1, -0.05) is 30.3 Å². The molecule has 126 valence electrons. The van der Waals surface area contributed by atoms with Crippen LogP contribution in [-0.4, -0.2) is 18.1 Å². The van der Waals surface area contributed by atoms with Gasteiger partial charge in [-0.05, 0) is 44.5 Å². The molecule has 1 aliphatic heterocycles. The van der Waals surface area contributed by atoms with Crippen LogP contribution in [0, 0.1) is 6.92 Å². The highest BCUT2D eigenvalue weighted by Gasteiger charge is 2.34. The molecule has 4 heteroatoms. The third-order valence-electron chi connectivity index (χ3n) is 4.07. The van der Waals surface area contributed by atoms with Gasteiger partial charge in [0.15, 0.2) is 6.61 Å². The molecule has 0 spiro atoms. The normalized spacial score (nSPS) is 18.2. The van der Waals surface area contributed by atoms with Crippen molar-refractivity contribution in [2.75, 3.05) is 6.61 Å². The number of carbonyl (C=O) groups excluding carboxylic acids is 1. The second-order valence-corrected chi connectivity index (χ2v) is 6.83. The van der Waals surface area contributed by atoms with E-state index in [0.717, 1.165) is 23.3 Å². The Labute approximate surface area is 142 Å². The maximum absolute atomic E-state index is 12.3. The van der Waals surface area contributed by atoms with Gasteiger partial charge in [0, 0.05) is 12.0 Å². The number of aryl methyl sites for hydroxylation is 1. The fourth-order valence-corrected chi connectivity index (χ4v) is 3.02. The highest BCUT2D eigenvalue weighted by Crippen LogP contribution is 2.39. The largest absolute Gasteiger partial charge is 0.487 e. The summed E-state index contributed by atoms with van der Waals surface area (Å²) in [5.74, 6) is 1.41. The Kier molecular flexibility index (Phi) is 4.47. The molecule has 1 aliphatic rings. The zero-order valence-corrected chi connectivity index (χ0v) is 14.3. The Morgan fingerprint density at radius 3 is 2.83 bits per heavy atom. The first-order valence-corrected chi connectivity index (χ1v) is 8.20. The number of nitrogens with one attached hydrogen (secondary N) is 1. The standard InChI is InChI=1S/C20H23NO3/c1-14-7-6-8-15(11-14)23-13-19(22)21-17-12-20(2,3)24-18-10-5-4-9-16(17)18/h4-11,17H,12-13H2,1-3H3,(H,21,22). The molecule has 0 aromatic heterocycles. The summed E-state index contributed by atoms with van der Waals surface area (Å²) in [6, 6.07) is 15.5. The quantitative estimate of drug-likeness (QED) is 0.930. The molecule has 0 aliphatic carbocycles. The highest BCUT2D eigenvalue weighted by atomic mass is 16.5. The molecular weight excluding hydrogens is 302 g/mol. The highest BCUT2D eigenvalue weighted by molar-refractivity contribution is 5.78. The number of amides is 1. The van der Waals surface area contributed by atoms with E-state index >= 15 is 0 Å². The van der Waals surface area contributed by atoms with Gasteiger partial charge in [0.1, 0.15) is 17.1 Å². The average Bonchev–Trinajstić information content (AvgIpc) is 2.52. The minimum atomic E-state index is -0.316. The van der Waals surface area contributed by atoms with E-state index in [-0.39, 0.29) is 24.2 Å². The van der Waals surface area contributed by atoms with Crippen molar-refractivity contribution in [3.63, 3.8) is 0 Å². The molecule has 0 fully saturated rings. The molecule has 0 bridgehead atoms. The van der Waals surface area contributed by atoms with Crippen LogP contribution >= 0.6 is 0 Å². The third-order valence-corrected chi connectivity index (χ3v) is 4.07. The van der Waals surface area contributed by atoms with Crippen molar-refractivity contribution in [3.05, 3.63) is 59.7 Å². The molecule has 1 unspecified atom stereocenters. The summed E-state index contributed by atoms with van der Waals surface area (Å²) in [7, 11) is 0. The molecule has 1 N–H and O–H groups in total. The summed E-state index contributed by atoms with van der Waals surface area (Å²) < 4.78 is 11.6. The number of para-hydroxylation sites is 1. The van der Waals surface area contributed by atoms with E-state index in [1.807, 2.05) is 69.3 Å². The lowest BCUT2D eigenvalue weighted by molar-refractivity contribution is -0.124. The Morgan fingerprint density at radius 2 is 2.04 bits per heavy atom. The van der Waals surface area contributed by atoms with Crippen LogP contribution in [0.5, 0.6) is 11.5 Å². The lowest BCUT2D eigenvalue weighted by Crippen LogP contribution is -2.42. The summed E-state index contributed by atoms with van der Waals surface area (Å²) in [6.07, 6.45) is 0.722. The lowest BCUT2D eigenvalue weighted by atomic mass is 9.90. The van der Waals surface area contributed by atoms with Crippen LogP contribution in [0.15, 0.2) is 48.5 Å². The molecule has 0 saturated heterocycles. The number of fused-ring (bicyclic) bond motifs is 1. The predicted octanol–water partition coefficient (Wildman–Crippen LogP) is 3.79. The second kappa shape index (κ2) is 6.56.